The number of amides is 1. The summed E-state index contributed by atoms with van der Waals surface area (Å²) in [5.41, 5.74) is 6.27. The second-order valence-electron chi connectivity index (χ2n) is 4.39. The van der Waals surface area contributed by atoms with Crippen molar-refractivity contribution in [1.29, 1.82) is 0 Å². The Morgan fingerprint density at radius 3 is 3.00 bits per heavy atom. The number of rotatable bonds is 4. The van der Waals surface area contributed by atoms with Crippen molar-refractivity contribution in [2.75, 3.05) is 18.5 Å². The quantitative estimate of drug-likeness (QED) is 0.849. The van der Waals surface area contributed by atoms with Crippen molar-refractivity contribution in [2.45, 2.75) is 25.8 Å². The Balaban J connectivity index is 2.03. The Hall–Kier alpha value is -1.75. The molecular formula is C13H18N2O3. The second-order valence-corrected chi connectivity index (χ2v) is 4.39. The SMILES string of the molecule is CC(N)CCC(=O)Nc1cccc2c1OCCO2. The van der Waals surface area contributed by atoms with E-state index in [4.69, 9.17) is 15.2 Å². The van der Waals surface area contributed by atoms with Crippen LogP contribution in [-0.4, -0.2) is 25.2 Å². The molecule has 98 valence electrons. The van der Waals surface area contributed by atoms with Gasteiger partial charge in [-0.15, -0.1) is 0 Å². The summed E-state index contributed by atoms with van der Waals surface area (Å²) in [5.74, 6) is 1.22. The molecule has 2 rings (SSSR count). The zero-order chi connectivity index (χ0) is 13.0. The van der Waals surface area contributed by atoms with Crippen molar-refractivity contribution in [2.24, 2.45) is 5.73 Å². The summed E-state index contributed by atoms with van der Waals surface area (Å²) in [5, 5.41) is 2.83. The van der Waals surface area contributed by atoms with Crippen LogP contribution < -0.4 is 20.5 Å². The number of nitrogens with one attached hydrogen (secondary N) is 1. The fraction of sp³-hybridized carbons (Fsp3) is 0.462. The van der Waals surface area contributed by atoms with E-state index in [0.717, 1.165) is 0 Å². The second kappa shape index (κ2) is 5.73. The maximum absolute atomic E-state index is 11.7. The molecule has 0 radical (unpaired) electrons. The molecule has 1 heterocycles. The molecule has 1 aliphatic heterocycles. The van der Waals surface area contributed by atoms with Crippen molar-refractivity contribution in [3.05, 3.63) is 18.2 Å². The van der Waals surface area contributed by atoms with Gasteiger partial charge in [-0.2, -0.15) is 0 Å². The van der Waals surface area contributed by atoms with E-state index in [-0.39, 0.29) is 11.9 Å². The van der Waals surface area contributed by atoms with Crippen molar-refractivity contribution in [3.8, 4) is 11.5 Å². The van der Waals surface area contributed by atoms with Gasteiger partial charge in [0.05, 0.1) is 5.69 Å². The monoisotopic (exact) mass is 250 g/mol. The summed E-state index contributed by atoms with van der Waals surface area (Å²) in [6, 6.07) is 5.48. The van der Waals surface area contributed by atoms with Crippen LogP contribution in [-0.2, 0) is 4.79 Å². The van der Waals surface area contributed by atoms with Crippen LogP contribution in [0.15, 0.2) is 18.2 Å². The molecule has 0 spiro atoms. The number of nitrogens with two attached hydrogens (primary N) is 1. The minimum atomic E-state index is -0.0603. The number of fused-ring (bicyclic) bond motifs is 1. The van der Waals surface area contributed by atoms with Gasteiger partial charge in [-0.25, -0.2) is 0 Å². The van der Waals surface area contributed by atoms with Gasteiger partial charge in [0.25, 0.3) is 0 Å². The van der Waals surface area contributed by atoms with E-state index in [0.29, 0.717) is 43.2 Å². The van der Waals surface area contributed by atoms with Gasteiger partial charge in [0, 0.05) is 12.5 Å². The van der Waals surface area contributed by atoms with Crippen LogP contribution >= 0.6 is 0 Å². The summed E-state index contributed by atoms with van der Waals surface area (Å²) in [7, 11) is 0. The van der Waals surface area contributed by atoms with Gasteiger partial charge in [-0.1, -0.05) is 6.07 Å². The van der Waals surface area contributed by atoms with E-state index in [2.05, 4.69) is 5.32 Å². The summed E-state index contributed by atoms with van der Waals surface area (Å²) < 4.78 is 11.0. The Labute approximate surface area is 106 Å². The van der Waals surface area contributed by atoms with Crippen LogP contribution in [0.5, 0.6) is 11.5 Å². The van der Waals surface area contributed by atoms with Gasteiger partial charge >= 0.3 is 0 Å². The molecule has 1 amide bonds. The molecule has 0 saturated heterocycles. The minimum absolute atomic E-state index is 0.0278. The Morgan fingerprint density at radius 2 is 2.22 bits per heavy atom. The first-order chi connectivity index (χ1) is 8.66. The Morgan fingerprint density at radius 1 is 1.44 bits per heavy atom. The molecule has 18 heavy (non-hydrogen) atoms. The number of carbonyl (C=O) groups is 1. The van der Waals surface area contributed by atoms with Gasteiger partial charge in [-0.05, 0) is 25.5 Å². The highest BCUT2D eigenvalue weighted by Crippen LogP contribution is 2.37. The van der Waals surface area contributed by atoms with Crippen molar-refractivity contribution in [1.82, 2.24) is 0 Å². The van der Waals surface area contributed by atoms with Crippen LogP contribution in [0.25, 0.3) is 0 Å². The van der Waals surface area contributed by atoms with Crippen LogP contribution in [0.1, 0.15) is 19.8 Å². The topological polar surface area (TPSA) is 73.6 Å². The average Bonchev–Trinajstić information content (AvgIpc) is 2.37. The molecule has 5 heteroatoms. The summed E-state index contributed by atoms with van der Waals surface area (Å²) in [4.78, 5) is 11.7. The molecule has 3 N–H and O–H groups in total. The maximum atomic E-state index is 11.7. The smallest absolute Gasteiger partial charge is 0.224 e. The normalized spacial score (nSPS) is 15.0. The largest absolute Gasteiger partial charge is 0.486 e. The third kappa shape index (κ3) is 3.13. The van der Waals surface area contributed by atoms with E-state index in [1.807, 2.05) is 19.1 Å². The molecule has 1 atom stereocenters. The first kappa shape index (κ1) is 12.7. The van der Waals surface area contributed by atoms with Gasteiger partial charge in [0.2, 0.25) is 5.91 Å². The molecule has 0 saturated carbocycles. The van der Waals surface area contributed by atoms with E-state index in [1.54, 1.807) is 6.07 Å². The van der Waals surface area contributed by atoms with Crippen LogP contribution in [0.4, 0.5) is 5.69 Å². The number of para-hydroxylation sites is 1. The van der Waals surface area contributed by atoms with Crippen molar-refractivity contribution in [3.63, 3.8) is 0 Å². The third-order valence-electron chi connectivity index (χ3n) is 2.67. The van der Waals surface area contributed by atoms with E-state index < -0.39 is 0 Å². The number of carbonyl (C=O) groups excluding carboxylic acids is 1. The number of hydrogen-bond acceptors (Lipinski definition) is 4. The lowest BCUT2D eigenvalue weighted by Crippen LogP contribution is -2.21. The van der Waals surface area contributed by atoms with E-state index in [9.17, 15) is 4.79 Å². The molecule has 5 nitrogen and oxygen atoms in total. The number of hydrogen-bond donors (Lipinski definition) is 2. The minimum Gasteiger partial charge on any atom is -0.486 e. The lowest BCUT2D eigenvalue weighted by Gasteiger charge is -2.21. The van der Waals surface area contributed by atoms with E-state index in [1.165, 1.54) is 0 Å². The molecule has 0 aromatic heterocycles. The zero-order valence-corrected chi connectivity index (χ0v) is 10.4. The lowest BCUT2D eigenvalue weighted by atomic mass is 10.2. The molecular weight excluding hydrogens is 232 g/mol. The molecule has 1 aliphatic rings. The fourth-order valence-electron chi connectivity index (χ4n) is 1.74. The first-order valence-corrected chi connectivity index (χ1v) is 6.11. The van der Waals surface area contributed by atoms with E-state index >= 15 is 0 Å². The summed E-state index contributed by atoms with van der Waals surface area (Å²) in [6.45, 7) is 2.92. The number of anilines is 1. The zero-order valence-electron chi connectivity index (χ0n) is 10.4. The highest BCUT2D eigenvalue weighted by Gasteiger charge is 2.16. The molecule has 1 aromatic carbocycles. The average molecular weight is 250 g/mol. The summed E-state index contributed by atoms with van der Waals surface area (Å²) >= 11 is 0. The Bertz CT molecular complexity index is 432. The van der Waals surface area contributed by atoms with Crippen molar-refractivity contribution < 1.29 is 14.3 Å². The van der Waals surface area contributed by atoms with Crippen LogP contribution in [0, 0.1) is 0 Å². The number of benzene rings is 1. The van der Waals surface area contributed by atoms with Gasteiger partial charge in [0.1, 0.15) is 13.2 Å². The highest BCUT2D eigenvalue weighted by atomic mass is 16.6. The van der Waals surface area contributed by atoms with Gasteiger partial charge in [0.15, 0.2) is 11.5 Å². The molecule has 0 fully saturated rings. The molecule has 1 unspecified atom stereocenters. The molecule has 1 aromatic rings. The molecule has 0 aliphatic carbocycles. The lowest BCUT2D eigenvalue weighted by molar-refractivity contribution is -0.116. The predicted octanol–water partition coefficient (Wildman–Crippen LogP) is 1.52. The molecule has 0 bridgehead atoms. The van der Waals surface area contributed by atoms with Gasteiger partial charge < -0.3 is 20.5 Å². The van der Waals surface area contributed by atoms with Gasteiger partial charge in [-0.3, -0.25) is 4.79 Å². The standard InChI is InChI=1S/C13H18N2O3/c1-9(14)5-6-12(16)15-10-3-2-4-11-13(10)18-8-7-17-11/h2-4,9H,5-8,14H2,1H3,(H,15,16). The maximum Gasteiger partial charge on any atom is 0.224 e. The van der Waals surface area contributed by atoms with Crippen LogP contribution in [0.3, 0.4) is 0 Å². The Kier molecular flexibility index (Phi) is 4.04. The predicted molar refractivity (Wildman–Crippen MR) is 68.9 cm³/mol. The van der Waals surface area contributed by atoms with Crippen molar-refractivity contribution >= 4 is 11.6 Å². The highest BCUT2D eigenvalue weighted by molar-refractivity contribution is 5.92. The third-order valence-corrected chi connectivity index (χ3v) is 2.67. The van der Waals surface area contributed by atoms with Crippen LogP contribution in [0.2, 0.25) is 0 Å². The fourth-order valence-corrected chi connectivity index (χ4v) is 1.74. The first-order valence-electron chi connectivity index (χ1n) is 6.11. The number of ether oxygens (including phenoxy) is 2. The summed E-state index contributed by atoms with van der Waals surface area (Å²) in [6.07, 6.45) is 1.07.